The molecule has 0 spiro atoms. The Morgan fingerprint density at radius 3 is 0.957 bits per heavy atom. The number of nitrogens with zero attached hydrogens (tertiary/aromatic N) is 1. The summed E-state index contributed by atoms with van der Waals surface area (Å²) in [5.41, 5.74) is 0. The highest BCUT2D eigenvalue weighted by Gasteiger charge is 2.40. The van der Waals surface area contributed by atoms with Crippen molar-refractivity contribution in [2.45, 2.75) is 105 Å². The van der Waals surface area contributed by atoms with E-state index in [0.717, 1.165) is 0 Å². The predicted octanol–water partition coefficient (Wildman–Crippen LogP) is 4.15. The maximum atomic E-state index is 9.90. The van der Waals surface area contributed by atoms with Crippen LogP contribution in [-0.4, -0.2) is 50.8 Å². The van der Waals surface area contributed by atoms with Crippen LogP contribution < -0.4 is 0 Å². The van der Waals surface area contributed by atoms with Gasteiger partial charge in [0.1, 0.15) is 0 Å². The zero-order chi connectivity index (χ0) is 18.8. The Hall–Kier alpha value is -1.10. The van der Waals surface area contributed by atoms with E-state index in [2.05, 4.69) is 55.4 Å². The molecule has 0 aliphatic carbocycles. The summed E-state index contributed by atoms with van der Waals surface area (Å²) in [7, 11) is 0. The number of quaternary nitrogens is 1. The van der Waals surface area contributed by atoms with Crippen molar-refractivity contribution in [2.75, 3.05) is 0 Å². The zero-order valence-electron chi connectivity index (χ0n) is 16.3. The van der Waals surface area contributed by atoms with Gasteiger partial charge in [0.15, 0.2) is 0 Å². The second kappa shape index (κ2) is 11.4. The first-order valence-corrected chi connectivity index (χ1v) is 8.71. The van der Waals surface area contributed by atoms with Crippen LogP contribution >= 0.6 is 0 Å². The van der Waals surface area contributed by atoms with Gasteiger partial charge in [-0.15, -0.1) is 0 Å². The molecular formula is C18H38NO4+. The highest BCUT2D eigenvalue weighted by molar-refractivity contribution is 5.67. The fourth-order valence-electron chi connectivity index (χ4n) is 4.13. The van der Waals surface area contributed by atoms with E-state index in [9.17, 15) is 9.59 Å². The predicted molar refractivity (Wildman–Crippen MR) is 94.5 cm³/mol. The van der Waals surface area contributed by atoms with E-state index in [0.29, 0.717) is 37.0 Å². The summed E-state index contributed by atoms with van der Waals surface area (Å²) in [5, 5.41) is 16.3. The van der Waals surface area contributed by atoms with Gasteiger partial charge in [-0.25, -0.2) is 0 Å². The minimum Gasteiger partial charge on any atom is -0.481 e. The standard InChI is InChI=1S/C12H28N.C6H10O4/c1-9(2)13(10(3)4,11(5)6)12(7)8;7-5(8)3-1-2-4-6(9)10/h9-12H,1-8H3;1-4H2,(H,7,8)(H,9,10)/q+1;. The molecule has 5 nitrogen and oxygen atoms in total. The van der Waals surface area contributed by atoms with Crippen LogP contribution in [0.25, 0.3) is 0 Å². The van der Waals surface area contributed by atoms with Crippen molar-refractivity contribution in [3.05, 3.63) is 0 Å². The summed E-state index contributed by atoms with van der Waals surface area (Å²) < 4.78 is 1.22. The van der Waals surface area contributed by atoms with Crippen molar-refractivity contribution in [1.29, 1.82) is 0 Å². The Bertz CT molecular complexity index is 295. The average Bonchev–Trinajstić information content (AvgIpc) is 2.33. The first kappa shape index (κ1) is 24.2. The summed E-state index contributed by atoms with van der Waals surface area (Å²) in [6.45, 7) is 18.8. The number of hydrogen-bond acceptors (Lipinski definition) is 2. The smallest absolute Gasteiger partial charge is 0.303 e. The molecule has 0 rings (SSSR count). The minimum absolute atomic E-state index is 0.0628. The van der Waals surface area contributed by atoms with Crippen molar-refractivity contribution in [3.8, 4) is 0 Å². The van der Waals surface area contributed by atoms with Crippen molar-refractivity contribution < 1.29 is 24.3 Å². The number of hydrogen-bond donors (Lipinski definition) is 2. The molecule has 0 unspecified atom stereocenters. The minimum atomic E-state index is -0.870. The summed E-state index contributed by atoms with van der Waals surface area (Å²) in [5.74, 6) is -1.74. The van der Waals surface area contributed by atoms with Gasteiger partial charge in [0, 0.05) is 12.8 Å². The van der Waals surface area contributed by atoms with Crippen molar-refractivity contribution in [2.24, 2.45) is 0 Å². The lowest BCUT2D eigenvalue weighted by atomic mass is 10.0. The number of carboxylic acid groups (broad SMARTS) is 2. The topological polar surface area (TPSA) is 74.6 Å². The number of rotatable bonds is 9. The molecule has 0 radical (unpaired) electrons. The molecule has 0 aromatic rings. The van der Waals surface area contributed by atoms with Gasteiger partial charge < -0.3 is 14.7 Å². The summed E-state index contributed by atoms with van der Waals surface area (Å²) >= 11 is 0. The Morgan fingerprint density at radius 2 is 0.870 bits per heavy atom. The van der Waals surface area contributed by atoms with Gasteiger partial charge in [0.05, 0.1) is 24.2 Å². The highest BCUT2D eigenvalue weighted by Crippen LogP contribution is 2.28. The molecule has 5 heteroatoms. The van der Waals surface area contributed by atoms with Crippen molar-refractivity contribution in [3.63, 3.8) is 0 Å². The highest BCUT2D eigenvalue weighted by atomic mass is 16.4. The third-order valence-electron chi connectivity index (χ3n) is 4.61. The second-order valence-electron chi connectivity index (χ2n) is 7.26. The van der Waals surface area contributed by atoms with Crippen molar-refractivity contribution in [1.82, 2.24) is 0 Å². The first-order chi connectivity index (χ1) is 10.4. The van der Waals surface area contributed by atoms with Crippen LogP contribution in [0.3, 0.4) is 0 Å². The molecule has 0 saturated heterocycles. The fraction of sp³-hybridized carbons (Fsp3) is 0.889. The Balaban J connectivity index is 0. The van der Waals surface area contributed by atoms with Crippen LogP contribution in [0.5, 0.6) is 0 Å². The third-order valence-corrected chi connectivity index (χ3v) is 4.61. The Kier molecular flexibility index (Phi) is 12.0. The molecule has 0 bridgehead atoms. The maximum Gasteiger partial charge on any atom is 0.303 e. The lowest BCUT2D eigenvalue weighted by Gasteiger charge is -2.52. The molecule has 2 N–H and O–H groups in total. The van der Waals surface area contributed by atoms with Gasteiger partial charge in [-0.3, -0.25) is 9.59 Å². The van der Waals surface area contributed by atoms with Crippen LogP contribution in [0, 0.1) is 0 Å². The summed E-state index contributed by atoms with van der Waals surface area (Å²) in [6.07, 6.45) is 1.02. The normalized spacial score (nSPS) is 11.8. The number of carbonyl (C=O) groups is 2. The first-order valence-electron chi connectivity index (χ1n) is 8.71. The number of carboxylic acids is 2. The molecule has 0 fully saturated rings. The second-order valence-corrected chi connectivity index (χ2v) is 7.26. The van der Waals surface area contributed by atoms with Crippen LogP contribution in [0.15, 0.2) is 0 Å². The van der Waals surface area contributed by atoms with Crippen LogP contribution in [0.4, 0.5) is 0 Å². The largest absolute Gasteiger partial charge is 0.481 e. The van der Waals surface area contributed by atoms with Gasteiger partial charge in [0.25, 0.3) is 0 Å². The van der Waals surface area contributed by atoms with Gasteiger partial charge in [-0.05, 0) is 68.2 Å². The van der Waals surface area contributed by atoms with Crippen molar-refractivity contribution >= 4 is 11.9 Å². The van der Waals surface area contributed by atoms with Crippen LogP contribution in [-0.2, 0) is 9.59 Å². The average molecular weight is 333 g/mol. The number of aliphatic carboxylic acids is 2. The van der Waals surface area contributed by atoms with Gasteiger partial charge >= 0.3 is 11.9 Å². The molecule has 0 aromatic carbocycles. The Morgan fingerprint density at radius 1 is 0.652 bits per heavy atom. The van der Waals surface area contributed by atoms with E-state index >= 15 is 0 Å². The van der Waals surface area contributed by atoms with E-state index in [1.807, 2.05) is 0 Å². The molecular weight excluding hydrogens is 294 g/mol. The fourth-order valence-corrected chi connectivity index (χ4v) is 4.13. The lowest BCUT2D eigenvalue weighted by molar-refractivity contribution is -1.00. The maximum absolute atomic E-state index is 9.90. The molecule has 0 atom stereocenters. The molecule has 138 valence electrons. The number of unbranched alkanes of at least 4 members (excludes halogenated alkanes) is 1. The Labute approximate surface area is 142 Å². The lowest BCUT2D eigenvalue weighted by Crippen LogP contribution is -2.65. The van der Waals surface area contributed by atoms with E-state index in [1.165, 1.54) is 4.48 Å². The van der Waals surface area contributed by atoms with Gasteiger partial charge in [-0.1, -0.05) is 0 Å². The van der Waals surface area contributed by atoms with E-state index in [1.54, 1.807) is 0 Å². The monoisotopic (exact) mass is 332 g/mol. The SMILES string of the molecule is CC(C)[N+](C(C)C)(C(C)C)C(C)C.O=C(O)CCCCC(=O)O. The molecule has 0 amide bonds. The van der Waals surface area contributed by atoms with Gasteiger partial charge in [-0.2, -0.15) is 0 Å². The van der Waals surface area contributed by atoms with Crippen LogP contribution in [0.2, 0.25) is 0 Å². The summed E-state index contributed by atoms with van der Waals surface area (Å²) in [6, 6.07) is 2.83. The molecule has 23 heavy (non-hydrogen) atoms. The third kappa shape index (κ3) is 8.35. The summed E-state index contributed by atoms with van der Waals surface area (Å²) in [4.78, 5) is 19.8. The molecule has 0 aliphatic rings. The molecule has 0 aromatic heterocycles. The van der Waals surface area contributed by atoms with Crippen LogP contribution in [0.1, 0.15) is 81.1 Å². The molecule has 0 heterocycles. The molecule has 0 saturated carbocycles. The van der Waals surface area contributed by atoms with E-state index < -0.39 is 11.9 Å². The zero-order valence-corrected chi connectivity index (χ0v) is 16.3. The van der Waals surface area contributed by atoms with E-state index in [-0.39, 0.29) is 12.8 Å². The van der Waals surface area contributed by atoms with Gasteiger partial charge in [0.2, 0.25) is 0 Å². The molecule has 0 aliphatic heterocycles. The quantitative estimate of drug-likeness (QED) is 0.491. The van der Waals surface area contributed by atoms with E-state index in [4.69, 9.17) is 10.2 Å².